The monoisotopic (exact) mass is 1100 g/mol. The Kier molecular flexibility index (Phi) is 109. The van der Waals surface area contributed by atoms with Crippen LogP contribution >= 0.6 is 0 Å². The molecule has 0 radical (unpaired) electrons. The highest BCUT2D eigenvalue weighted by molar-refractivity contribution is 4.89. The first-order valence-corrected chi connectivity index (χ1v) is 37.3. The quantitative estimate of drug-likeness (QED) is 0.245. The zero-order valence-corrected chi connectivity index (χ0v) is 61.3. The van der Waals surface area contributed by atoms with Crippen molar-refractivity contribution in [2.24, 2.45) is 40.4 Å². The summed E-state index contributed by atoms with van der Waals surface area (Å²) in [5.74, 6) is 5.61. The van der Waals surface area contributed by atoms with Crippen LogP contribution in [0.5, 0.6) is 0 Å². The molecule has 0 aromatic carbocycles. The Morgan fingerprint density at radius 2 is 0.403 bits per heavy atom. The number of fused-ring (bicyclic) bond motifs is 4. The third kappa shape index (κ3) is 82.6. The van der Waals surface area contributed by atoms with E-state index in [1.54, 1.807) is 64.2 Å². The maximum absolute atomic E-state index is 2.46. The van der Waals surface area contributed by atoms with Gasteiger partial charge in [-0.25, -0.2) is 0 Å². The summed E-state index contributed by atoms with van der Waals surface area (Å²) in [5, 5.41) is 0. The number of hydrogen-bond acceptors (Lipinski definition) is 0. The first kappa shape index (κ1) is 96.2. The summed E-state index contributed by atoms with van der Waals surface area (Å²) in [6, 6.07) is 0. The summed E-state index contributed by atoms with van der Waals surface area (Å²) < 4.78 is 0. The fourth-order valence-electron chi connectivity index (χ4n) is 12.0. The first-order chi connectivity index (χ1) is 37.3. The average Bonchev–Trinajstić information content (AvgIpc) is 4.35. The first-order valence-electron chi connectivity index (χ1n) is 37.3. The molecule has 0 saturated heterocycles. The van der Waals surface area contributed by atoms with Crippen LogP contribution in [0, 0.1) is 40.4 Å². The van der Waals surface area contributed by atoms with E-state index in [1.807, 2.05) is 83.1 Å². The van der Waals surface area contributed by atoms with E-state index in [-0.39, 0.29) is 0 Å². The minimum Gasteiger partial charge on any atom is -0.0683 e. The molecule has 9 aliphatic rings. The van der Waals surface area contributed by atoms with Crippen molar-refractivity contribution in [2.75, 3.05) is 0 Å². The van der Waals surface area contributed by atoms with Gasteiger partial charge in [0, 0.05) is 0 Å². The van der Waals surface area contributed by atoms with Crippen LogP contribution in [0.1, 0.15) is 463 Å². The van der Waals surface area contributed by atoms with Gasteiger partial charge in [0.1, 0.15) is 0 Å². The molecule has 0 nitrogen and oxygen atoms in total. The second kappa shape index (κ2) is 87.2. The van der Waals surface area contributed by atoms with Gasteiger partial charge in [0.2, 0.25) is 0 Å². The summed E-state index contributed by atoms with van der Waals surface area (Å²) in [7, 11) is 0. The largest absolute Gasteiger partial charge is 0.0683 e. The third-order valence-electron chi connectivity index (χ3n) is 14.8. The van der Waals surface area contributed by atoms with Crippen molar-refractivity contribution in [3.63, 3.8) is 0 Å². The molecule has 77 heavy (non-hydrogen) atoms. The molecular weight excluding hydrogens is 925 g/mol. The average molecular weight is 1100 g/mol. The summed E-state index contributed by atoms with van der Waals surface area (Å²) in [5.41, 5.74) is 1.21. The van der Waals surface area contributed by atoms with Crippen LogP contribution in [0.25, 0.3) is 0 Å². The van der Waals surface area contributed by atoms with Crippen molar-refractivity contribution in [3.8, 4) is 0 Å². The normalized spacial score (nSPS) is 24.3. The summed E-state index contributed by atoms with van der Waals surface area (Å²) >= 11 is 0. The Hall–Kier alpha value is 0. The smallest absolute Gasteiger partial charge is 0.0321 e. The van der Waals surface area contributed by atoms with E-state index in [0.29, 0.717) is 10.8 Å². The van der Waals surface area contributed by atoms with E-state index < -0.39 is 0 Å². The predicted octanol–water partition coefficient (Wildman–Crippen LogP) is 31.2. The van der Waals surface area contributed by atoms with Crippen molar-refractivity contribution < 1.29 is 0 Å². The van der Waals surface area contributed by atoms with Crippen molar-refractivity contribution in [1.29, 1.82) is 0 Å². The Labute approximate surface area is 501 Å². The maximum Gasteiger partial charge on any atom is -0.0321 e. The molecule has 0 amide bonds. The molecule has 9 saturated carbocycles. The molecule has 9 aliphatic carbocycles. The molecule has 0 heteroatoms. The molecule has 9 fully saturated rings. The Balaban J connectivity index is -0.0000000939. The van der Waals surface area contributed by atoms with Gasteiger partial charge in [-0.2, -0.15) is 0 Å². The van der Waals surface area contributed by atoms with Crippen LogP contribution in [-0.4, -0.2) is 0 Å². The molecule has 0 aromatic heterocycles. The number of hydrogen-bond donors (Lipinski definition) is 0. The van der Waals surface area contributed by atoms with E-state index in [0.717, 1.165) is 5.92 Å². The van der Waals surface area contributed by atoms with Crippen molar-refractivity contribution in [2.45, 2.75) is 463 Å². The highest BCUT2D eigenvalue weighted by Crippen LogP contribution is 2.50. The van der Waals surface area contributed by atoms with Crippen LogP contribution in [0.15, 0.2) is 0 Å². The molecule has 2 unspecified atom stereocenters. The molecule has 4 bridgehead atoms. The molecular formula is C77H172. The second-order valence-corrected chi connectivity index (χ2v) is 24.3. The van der Waals surface area contributed by atoms with Gasteiger partial charge in [0.15, 0.2) is 0 Å². The van der Waals surface area contributed by atoms with Crippen LogP contribution < -0.4 is 0 Å². The molecule has 0 aliphatic heterocycles. The Morgan fingerprint density at radius 3 is 0.494 bits per heavy atom. The van der Waals surface area contributed by atoms with Crippen molar-refractivity contribution >= 4 is 0 Å². The minimum absolute atomic E-state index is 0.586. The highest BCUT2D eigenvalue weighted by atomic mass is 14.4. The molecule has 9 rings (SSSR count). The van der Waals surface area contributed by atoms with Crippen LogP contribution in [-0.2, 0) is 0 Å². The highest BCUT2D eigenvalue weighted by Gasteiger charge is 2.38. The van der Waals surface area contributed by atoms with E-state index in [9.17, 15) is 0 Å². The molecule has 0 spiro atoms. The van der Waals surface area contributed by atoms with Gasteiger partial charge in [-0.05, 0) is 72.5 Å². The van der Waals surface area contributed by atoms with E-state index in [1.165, 1.54) is 236 Å². The fourth-order valence-corrected chi connectivity index (χ4v) is 12.0. The van der Waals surface area contributed by atoms with Crippen LogP contribution in [0.3, 0.4) is 0 Å². The summed E-state index contributed by atoms with van der Waals surface area (Å²) in [4.78, 5) is 0. The van der Waals surface area contributed by atoms with E-state index >= 15 is 0 Å². The predicted molar refractivity (Wildman–Crippen MR) is 374 cm³/mol. The number of rotatable bonds is 1. The van der Waals surface area contributed by atoms with E-state index in [4.69, 9.17) is 0 Å². The lowest BCUT2D eigenvalue weighted by Crippen LogP contribution is -2.34. The molecule has 0 aromatic rings. The van der Waals surface area contributed by atoms with Crippen LogP contribution in [0.4, 0.5) is 0 Å². The lowest BCUT2D eigenvalue weighted by molar-refractivity contribution is 0.0581. The van der Waals surface area contributed by atoms with Gasteiger partial charge in [-0.3, -0.25) is 0 Å². The Morgan fingerprint density at radius 1 is 0.260 bits per heavy atom. The zero-order chi connectivity index (χ0) is 61.3. The van der Waals surface area contributed by atoms with Gasteiger partial charge in [-0.15, -0.1) is 0 Å². The maximum atomic E-state index is 2.46. The second-order valence-electron chi connectivity index (χ2n) is 24.3. The van der Waals surface area contributed by atoms with Gasteiger partial charge in [0.05, 0.1) is 0 Å². The summed E-state index contributed by atoms with van der Waals surface area (Å²) in [6.07, 6.45) is 63.5. The molecule has 480 valence electrons. The third-order valence-corrected chi connectivity index (χ3v) is 14.8. The lowest BCUT2D eigenvalue weighted by atomic mass is 9.60. The van der Waals surface area contributed by atoms with Crippen LogP contribution in [0.2, 0.25) is 0 Å². The summed E-state index contributed by atoms with van der Waals surface area (Å²) in [6.45, 7) is 57.3. The lowest BCUT2D eigenvalue weighted by Gasteiger charge is -2.45. The SMILES string of the molecule is C1CC2CCC1C2.C1CC2CCC1C2.C1CCCCC1.C1CCCCC1.C1CCCCC1.C1CCCCC1.CC.CC.CC.CC.CC.CC.CCC.CCC.CCC.CCC.CCC.CCC1(C)CC(C)CC(C)(C)C1. The zero-order valence-electron chi connectivity index (χ0n) is 61.3. The topological polar surface area (TPSA) is 0 Å². The van der Waals surface area contributed by atoms with Crippen molar-refractivity contribution in [3.05, 3.63) is 0 Å². The Bertz CT molecular complexity index is 674. The van der Waals surface area contributed by atoms with E-state index in [2.05, 4.69) is 104 Å². The van der Waals surface area contributed by atoms with Gasteiger partial charge >= 0.3 is 0 Å². The molecule has 0 heterocycles. The van der Waals surface area contributed by atoms with Gasteiger partial charge < -0.3 is 0 Å². The standard InChI is InChI=1S/C12H24.2C7H12.4C6H12.5C3H8.6C2H6/c1-6-12(5)8-10(2)7-11(3,4)9-12;2*1-2-7-4-3-6(1)5-7;4*1-2-4-6-5-3-1;5*1-3-2;6*1-2/h10H,6-9H2,1-5H3;2*6-7H,1-5H2;4*1-6H2;5*3H2,1-2H3;6*1-2H3. The molecule has 0 N–H and O–H groups in total. The minimum atomic E-state index is 0.586. The van der Waals surface area contributed by atoms with Crippen molar-refractivity contribution in [1.82, 2.24) is 0 Å². The van der Waals surface area contributed by atoms with Gasteiger partial charge in [-0.1, -0.05) is 431 Å². The van der Waals surface area contributed by atoms with Gasteiger partial charge in [0.25, 0.3) is 0 Å². The molecule has 2 atom stereocenters. The fraction of sp³-hybridized carbons (Fsp3) is 1.00.